The molecule has 0 aliphatic carbocycles. The van der Waals surface area contributed by atoms with Crippen molar-refractivity contribution in [2.24, 2.45) is 0 Å². The van der Waals surface area contributed by atoms with Crippen molar-refractivity contribution in [1.29, 1.82) is 0 Å². The largest absolute Gasteiger partial charge is 0.507 e. The molecule has 1 aromatic heterocycles. The Morgan fingerprint density at radius 3 is 2.56 bits per heavy atom. The van der Waals surface area contributed by atoms with Crippen LogP contribution in [0.1, 0.15) is 36.8 Å². The summed E-state index contributed by atoms with van der Waals surface area (Å²) in [5.74, 6) is -0.953. The molecular weight excluding hydrogens is 430 g/mol. The molecule has 1 saturated heterocycles. The number of Topliss-reactive ketones (excluding diaryl/α,β-unsaturated/α-hetero) is 1. The summed E-state index contributed by atoms with van der Waals surface area (Å²) in [6.07, 6.45) is 1.40. The van der Waals surface area contributed by atoms with Crippen LogP contribution in [0.2, 0.25) is 5.02 Å². The first-order valence-electron chi connectivity index (χ1n) is 10.2. The van der Waals surface area contributed by atoms with Gasteiger partial charge in [-0.05, 0) is 68.8 Å². The van der Waals surface area contributed by atoms with Gasteiger partial charge in [0.2, 0.25) is 0 Å². The van der Waals surface area contributed by atoms with Gasteiger partial charge in [-0.2, -0.15) is 0 Å². The summed E-state index contributed by atoms with van der Waals surface area (Å²) in [7, 11) is 0. The highest BCUT2D eigenvalue weighted by atomic mass is 35.5. The smallest absolute Gasteiger partial charge is 0.300 e. The zero-order valence-electron chi connectivity index (χ0n) is 17.8. The zero-order chi connectivity index (χ0) is 23.0. The van der Waals surface area contributed by atoms with Gasteiger partial charge in [0.1, 0.15) is 23.3 Å². The van der Waals surface area contributed by atoms with Gasteiger partial charge in [0.05, 0.1) is 17.9 Å². The minimum absolute atomic E-state index is 0.0546. The maximum absolute atomic E-state index is 13.1. The molecule has 0 saturated carbocycles. The summed E-state index contributed by atoms with van der Waals surface area (Å²) in [4.78, 5) is 27.6. The van der Waals surface area contributed by atoms with Gasteiger partial charge in [0.25, 0.3) is 11.7 Å². The molecule has 4 rings (SSSR count). The molecule has 3 aromatic rings. The van der Waals surface area contributed by atoms with Crippen LogP contribution in [0.4, 0.5) is 5.69 Å². The third kappa shape index (κ3) is 3.89. The summed E-state index contributed by atoms with van der Waals surface area (Å²) in [5.41, 5.74) is 1.53. The van der Waals surface area contributed by atoms with Crippen LogP contribution < -0.4 is 9.64 Å². The number of hydrogen-bond donors (Lipinski definition) is 1. The predicted molar refractivity (Wildman–Crippen MR) is 122 cm³/mol. The van der Waals surface area contributed by atoms with E-state index in [1.807, 2.05) is 13.8 Å². The second kappa shape index (κ2) is 8.55. The van der Waals surface area contributed by atoms with Gasteiger partial charge in [0, 0.05) is 16.3 Å². The quantitative estimate of drug-likeness (QED) is 0.308. The lowest BCUT2D eigenvalue weighted by molar-refractivity contribution is -0.132. The number of aliphatic hydroxyl groups is 1. The van der Waals surface area contributed by atoms with E-state index in [0.29, 0.717) is 33.3 Å². The number of aryl methyl sites for hydroxylation is 1. The van der Waals surface area contributed by atoms with Crippen molar-refractivity contribution >= 4 is 34.7 Å². The second-order valence-corrected chi connectivity index (χ2v) is 8.25. The lowest BCUT2D eigenvalue weighted by Crippen LogP contribution is -2.29. The van der Waals surface area contributed by atoms with Crippen LogP contribution in [0.25, 0.3) is 5.76 Å². The van der Waals surface area contributed by atoms with Gasteiger partial charge in [0.15, 0.2) is 0 Å². The van der Waals surface area contributed by atoms with Gasteiger partial charge in [-0.15, -0.1) is 0 Å². The molecule has 1 atom stereocenters. The number of benzene rings is 2. The van der Waals surface area contributed by atoms with E-state index in [-0.39, 0.29) is 17.4 Å². The molecule has 7 heteroatoms. The minimum atomic E-state index is -0.931. The number of rotatable bonds is 5. The third-order valence-corrected chi connectivity index (χ3v) is 5.39. The van der Waals surface area contributed by atoms with E-state index in [0.717, 1.165) is 0 Å². The lowest BCUT2D eigenvalue weighted by atomic mass is 9.99. The van der Waals surface area contributed by atoms with Crippen molar-refractivity contribution in [3.05, 3.63) is 88.3 Å². The highest BCUT2D eigenvalue weighted by Crippen LogP contribution is 2.43. The molecule has 6 nitrogen and oxygen atoms in total. The Balaban J connectivity index is 1.89. The zero-order valence-corrected chi connectivity index (χ0v) is 18.6. The van der Waals surface area contributed by atoms with Crippen molar-refractivity contribution in [3.63, 3.8) is 0 Å². The molecule has 1 aliphatic heterocycles. The maximum Gasteiger partial charge on any atom is 0.300 e. The van der Waals surface area contributed by atoms with E-state index in [2.05, 4.69) is 0 Å². The lowest BCUT2D eigenvalue weighted by Gasteiger charge is -2.25. The van der Waals surface area contributed by atoms with E-state index < -0.39 is 17.7 Å². The number of ether oxygens (including phenoxy) is 1. The molecule has 0 bridgehead atoms. The number of anilines is 1. The van der Waals surface area contributed by atoms with Gasteiger partial charge in [-0.3, -0.25) is 14.5 Å². The molecule has 164 valence electrons. The fourth-order valence-corrected chi connectivity index (χ4v) is 4.06. The second-order valence-electron chi connectivity index (χ2n) is 7.81. The third-order valence-electron chi connectivity index (χ3n) is 5.15. The van der Waals surface area contributed by atoms with E-state index >= 15 is 0 Å². The van der Waals surface area contributed by atoms with E-state index in [4.69, 9.17) is 20.8 Å². The van der Waals surface area contributed by atoms with Gasteiger partial charge in [-0.1, -0.05) is 23.7 Å². The number of nitrogens with zero attached hydrogens (tertiary/aromatic N) is 1. The molecule has 1 aliphatic rings. The molecule has 2 aromatic carbocycles. The van der Waals surface area contributed by atoms with E-state index in [9.17, 15) is 14.7 Å². The molecule has 1 N–H and O–H groups in total. The Bertz CT molecular complexity index is 1210. The van der Waals surface area contributed by atoms with Crippen LogP contribution in [0.3, 0.4) is 0 Å². The number of carbonyl (C=O) groups is 2. The van der Waals surface area contributed by atoms with Crippen LogP contribution in [0, 0.1) is 6.92 Å². The fourth-order valence-electron chi connectivity index (χ4n) is 3.83. The molecule has 32 heavy (non-hydrogen) atoms. The van der Waals surface area contributed by atoms with Crippen LogP contribution >= 0.6 is 11.6 Å². The average Bonchev–Trinajstić information content (AvgIpc) is 3.35. The van der Waals surface area contributed by atoms with Gasteiger partial charge < -0.3 is 14.3 Å². The molecule has 1 fully saturated rings. The summed E-state index contributed by atoms with van der Waals surface area (Å²) >= 11 is 6.08. The number of amides is 1. The topological polar surface area (TPSA) is 80.0 Å². The number of aliphatic hydroxyl groups excluding tert-OH is 1. The van der Waals surface area contributed by atoms with Crippen LogP contribution in [0.5, 0.6) is 5.75 Å². The Kier molecular flexibility index (Phi) is 5.80. The molecule has 0 radical (unpaired) electrons. The summed E-state index contributed by atoms with van der Waals surface area (Å²) in [6, 6.07) is 14.2. The van der Waals surface area contributed by atoms with Crippen molar-refractivity contribution in [2.75, 3.05) is 4.90 Å². The monoisotopic (exact) mass is 451 g/mol. The molecular formula is C25H22ClNO5. The van der Waals surface area contributed by atoms with Gasteiger partial charge in [-0.25, -0.2) is 0 Å². The highest BCUT2D eigenvalue weighted by molar-refractivity contribution is 6.51. The first kappa shape index (κ1) is 21.7. The number of ketones is 1. The standard InChI is InChI=1S/C25H22ClNO5/c1-14(2)32-18-7-4-6-16(13-18)23(28)21-22(20-8-5-11-31-20)27(25(30)24(21)29)19-10-9-17(26)12-15(19)3/h4-14,22,28H,1-3H3/b23-21-. The first-order valence-corrected chi connectivity index (χ1v) is 10.5. The Morgan fingerprint density at radius 2 is 1.91 bits per heavy atom. The SMILES string of the molecule is Cc1cc(Cl)ccc1N1C(=O)C(=O)/C(=C(\O)c2cccc(OC(C)C)c2)C1c1ccco1. The van der Waals surface area contributed by atoms with Crippen molar-refractivity contribution in [1.82, 2.24) is 0 Å². The average molecular weight is 452 g/mol. The van der Waals surface area contributed by atoms with Crippen LogP contribution in [-0.2, 0) is 9.59 Å². The Morgan fingerprint density at radius 1 is 1.12 bits per heavy atom. The summed E-state index contributed by atoms with van der Waals surface area (Å²) in [6.45, 7) is 5.58. The number of furan rings is 1. The molecule has 2 heterocycles. The van der Waals surface area contributed by atoms with Crippen molar-refractivity contribution in [2.45, 2.75) is 32.9 Å². The summed E-state index contributed by atoms with van der Waals surface area (Å²) < 4.78 is 11.3. The Hall–Kier alpha value is -3.51. The molecule has 1 amide bonds. The number of carbonyl (C=O) groups excluding carboxylic acids is 2. The van der Waals surface area contributed by atoms with Crippen molar-refractivity contribution < 1.29 is 23.8 Å². The normalized spacial score (nSPS) is 17.9. The van der Waals surface area contributed by atoms with E-state index in [1.54, 1.807) is 61.5 Å². The molecule has 1 unspecified atom stereocenters. The van der Waals surface area contributed by atoms with Crippen molar-refractivity contribution in [3.8, 4) is 5.75 Å². The van der Waals surface area contributed by atoms with Gasteiger partial charge >= 0.3 is 0 Å². The number of hydrogen-bond acceptors (Lipinski definition) is 5. The first-order chi connectivity index (χ1) is 15.3. The minimum Gasteiger partial charge on any atom is -0.507 e. The van der Waals surface area contributed by atoms with E-state index in [1.165, 1.54) is 11.2 Å². The molecule has 0 spiro atoms. The van der Waals surface area contributed by atoms with Crippen LogP contribution in [-0.4, -0.2) is 22.9 Å². The summed E-state index contributed by atoms with van der Waals surface area (Å²) in [5, 5.41) is 11.7. The Labute approximate surface area is 190 Å². The highest BCUT2D eigenvalue weighted by Gasteiger charge is 2.48. The fraction of sp³-hybridized carbons (Fsp3) is 0.200. The number of halogens is 1. The van der Waals surface area contributed by atoms with Crippen LogP contribution in [0.15, 0.2) is 70.9 Å². The predicted octanol–water partition coefficient (Wildman–Crippen LogP) is 5.65. The maximum atomic E-state index is 13.1.